The average molecular weight is 202 g/mol. The molecule has 0 aromatic rings. The first-order valence-electron chi connectivity index (χ1n) is 4.52. The first-order chi connectivity index (χ1) is 6.16. The van der Waals surface area contributed by atoms with Gasteiger partial charge < -0.3 is 8.85 Å². The van der Waals surface area contributed by atoms with Gasteiger partial charge in [-0.15, -0.1) is 0 Å². The van der Waals surface area contributed by atoms with Crippen molar-refractivity contribution in [3.63, 3.8) is 0 Å². The summed E-state index contributed by atoms with van der Waals surface area (Å²) in [6, 6.07) is 0.697. The minimum atomic E-state index is -2.63. The lowest BCUT2D eigenvalue weighted by molar-refractivity contribution is -0.111. The summed E-state index contributed by atoms with van der Waals surface area (Å²) in [7, 11) is -1.09. The van der Waals surface area contributed by atoms with Crippen molar-refractivity contribution >= 4 is 14.0 Å². The quantitative estimate of drug-likeness (QED) is 0.466. The van der Waals surface area contributed by atoms with Crippen molar-refractivity contribution in [3.8, 4) is 0 Å². The molecule has 0 rings (SSSR count). The van der Waals surface area contributed by atoms with Crippen LogP contribution in [0, 0.1) is 0 Å². The molecular weight excluding hydrogens is 184 g/mol. The van der Waals surface area contributed by atoms with Crippen LogP contribution < -0.4 is 0 Å². The Bertz CT molecular complexity index is 174. The lowest BCUT2D eigenvalue weighted by Gasteiger charge is -2.25. The highest BCUT2D eigenvalue weighted by Gasteiger charge is 2.42. The van der Waals surface area contributed by atoms with Crippen LogP contribution in [0.25, 0.3) is 0 Å². The first kappa shape index (κ1) is 12.5. The van der Waals surface area contributed by atoms with Crippen molar-refractivity contribution in [1.82, 2.24) is 0 Å². The van der Waals surface area contributed by atoms with Gasteiger partial charge in [0.25, 0.3) is 0 Å². The molecule has 76 valence electrons. The van der Waals surface area contributed by atoms with Gasteiger partial charge in [-0.05, 0) is 19.0 Å². The highest BCUT2D eigenvalue weighted by molar-refractivity contribution is 6.98. The van der Waals surface area contributed by atoms with Crippen LogP contribution in [-0.4, -0.2) is 27.7 Å². The maximum atomic E-state index is 11.5. The number of hydrogen-bond donors (Lipinski definition) is 0. The minimum Gasteiger partial charge on any atom is -0.393 e. The number of carbonyl (C=O) groups is 1. The van der Waals surface area contributed by atoms with E-state index in [0.29, 0.717) is 12.7 Å². The maximum Gasteiger partial charge on any atom is 0.414 e. The van der Waals surface area contributed by atoms with Gasteiger partial charge >= 0.3 is 8.56 Å². The van der Waals surface area contributed by atoms with Gasteiger partial charge in [-0.3, -0.25) is 4.79 Å². The molecule has 0 fully saturated rings. The van der Waals surface area contributed by atoms with Crippen LogP contribution in [0.2, 0.25) is 6.04 Å². The molecular formula is C9H18O3Si. The maximum absolute atomic E-state index is 11.5. The largest absolute Gasteiger partial charge is 0.414 e. The molecule has 0 heterocycles. The highest BCUT2D eigenvalue weighted by atomic mass is 28.4. The number of rotatable bonds is 7. The molecule has 0 saturated heterocycles. The Labute approximate surface area is 81.0 Å². The van der Waals surface area contributed by atoms with Gasteiger partial charge in [-0.25, -0.2) is 0 Å². The Morgan fingerprint density at radius 2 is 2.15 bits per heavy atom. The second-order valence-electron chi connectivity index (χ2n) is 2.71. The molecule has 0 spiro atoms. The fraction of sp³-hybridized carbons (Fsp3) is 0.667. The van der Waals surface area contributed by atoms with E-state index in [1.165, 1.54) is 6.08 Å². The van der Waals surface area contributed by atoms with Crippen molar-refractivity contribution < 1.29 is 13.6 Å². The molecule has 13 heavy (non-hydrogen) atoms. The summed E-state index contributed by atoms with van der Waals surface area (Å²) in [6.45, 7) is 7.86. The summed E-state index contributed by atoms with van der Waals surface area (Å²) in [5.41, 5.74) is 0. The summed E-state index contributed by atoms with van der Waals surface area (Å²) in [6.07, 6.45) is 2.20. The smallest absolute Gasteiger partial charge is 0.393 e. The molecule has 3 nitrogen and oxygen atoms in total. The van der Waals surface area contributed by atoms with Gasteiger partial charge in [-0.2, -0.15) is 0 Å². The third-order valence-electron chi connectivity index (χ3n) is 1.85. The molecule has 0 aliphatic heterocycles. The fourth-order valence-corrected chi connectivity index (χ4v) is 3.74. The first-order valence-corrected chi connectivity index (χ1v) is 6.55. The zero-order chi connectivity index (χ0) is 10.3. The SMILES string of the molecule is C=CC(=O)[Si](CCC)(OC)OCC. The zero-order valence-electron chi connectivity index (χ0n) is 8.63. The van der Waals surface area contributed by atoms with E-state index in [0.717, 1.165) is 6.42 Å². The molecule has 0 saturated carbocycles. The van der Waals surface area contributed by atoms with Crippen molar-refractivity contribution in [1.29, 1.82) is 0 Å². The number of allylic oxidation sites excluding steroid dienone is 1. The minimum absolute atomic E-state index is 0.0706. The Kier molecular flexibility index (Phi) is 5.86. The predicted octanol–water partition coefficient (Wildman–Crippen LogP) is 1.82. The molecule has 1 atom stereocenters. The van der Waals surface area contributed by atoms with Gasteiger partial charge in [-0.1, -0.05) is 19.9 Å². The van der Waals surface area contributed by atoms with E-state index in [-0.39, 0.29) is 5.41 Å². The van der Waals surface area contributed by atoms with Crippen LogP contribution in [0.3, 0.4) is 0 Å². The fourth-order valence-electron chi connectivity index (χ4n) is 1.25. The molecule has 0 aromatic heterocycles. The van der Waals surface area contributed by atoms with Crippen molar-refractivity contribution in [3.05, 3.63) is 12.7 Å². The molecule has 1 unspecified atom stereocenters. The van der Waals surface area contributed by atoms with Crippen molar-refractivity contribution in [2.75, 3.05) is 13.7 Å². The number of hydrogen-bond acceptors (Lipinski definition) is 3. The molecule has 0 aliphatic rings. The van der Waals surface area contributed by atoms with E-state index in [2.05, 4.69) is 6.58 Å². The highest BCUT2D eigenvalue weighted by Crippen LogP contribution is 2.16. The Morgan fingerprint density at radius 1 is 1.54 bits per heavy atom. The lowest BCUT2D eigenvalue weighted by atomic mass is 10.6. The van der Waals surface area contributed by atoms with Crippen LogP contribution in [0.15, 0.2) is 12.7 Å². The van der Waals surface area contributed by atoms with Gasteiger partial charge in [0, 0.05) is 13.7 Å². The number of carbonyl (C=O) groups excluding carboxylic acids is 1. The Hall–Kier alpha value is -0.453. The van der Waals surface area contributed by atoms with E-state index in [9.17, 15) is 4.79 Å². The van der Waals surface area contributed by atoms with E-state index in [1.54, 1.807) is 7.11 Å². The van der Waals surface area contributed by atoms with Gasteiger partial charge in [0.05, 0.1) is 0 Å². The Balaban J connectivity index is 4.61. The van der Waals surface area contributed by atoms with Gasteiger partial charge in [0.2, 0.25) is 0 Å². The Morgan fingerprint density at radius 3 is 2.46 bits per heavy atom. The van der Waals surface area contributed by atoms with E-state index in [4.69, 9.17) is 8.85 Å². The summed E-state index contributed by atoms with van der Waals surface area (Å²) in [4.78, 5) is 11.5. The zero-order valence-corrected chi connectivity index (χ0v) is 9.63. The monoisotopic (exact) mass is 202 g/mol. The average Bonchev–Trinajstić information content (AvgIpc) is 2.16. The van der Waals surface area contributed by atoms with Crippen LogP contribution >= 0.6 is 0 Å². The standard InChI is InChI=1S/C9H18O3Si/c1-5-8-13(11-4,12-7-3)9(10)6-2/h6H,2,5,7-8H2,1,3-4H3. The van der Waals surface area contributed by atoms with Crippen molar-refractivity contribution in [2.45, 2.75) is 26.3 Å². The van der Waals surface area contributed by atoms with Crippen molar-refractivity contribution in [2.24, 2.45) is 0 Å². The third-order valence-corrected chi connectivity index (χ3v) is 5.37. The predicted molar refractivity (Wildman–Crippen MR) is 54.7 cm³/mol. The summed E-state index contributed by atoms with van der Waals surface area (Å²) in [5, 5.41) is -0.0706. The topological polar surface area (TPSA) is 35.5 Å². The molecule has 0 radical (unpaired) electrons. The molecule has 0 bridgehead atoms. The van der Waals surface area contributed by atoms with Gasteiger partial charge in [0.15, 0.2) is 5.41 Å². The van der Waals surface area contributed by atoms with E-state index in [1.807, 2.05) is 13.8 Å². The molecule has 0 aromatic carbocycles. The normalized spacial score (nSPS) is 15.0. The lowest BCUT2D eigenvalue weighted by Crippen LogP contribution is -2.49. The van der Waals surface area contributed by atoms with Crippen LogP contribution in [-0.2, 0) is 13.6 Å². The summed E-state index contributed by atoms with van der Waals surface area (Å²) >= 11 is 0. The molecule has 0 aliphatic carbocycles. The molecule has 4 heteroatoms. The van der Waals surface area contributed by atoms with Gasteiger partial charge in [0.1, 0.15) is 0 Å². The van der Waals surface area contributed by atoms with E-state index < -0.39 is 8.56 Å². The summed E-state index contributed by atoms with van der Waals surface area (Å²) < 4.78 is 10.7. The molecule has 0 N–H and O–H groups in total. The van der Waals surface area contributed by atoms with E-state index >= 15 is 0 Å². The van der Waals surface area contributed by atoms with Crippen LogP contribution in [0.4, 0.5) is 0 Å². The molecule has 0 amide bonds. The van der Waals surface area contributed by atoms with Crippen LogP contribution in [0.5, 0.6) is 0 Å². The third kappa shape index (κ3) is 3.06. The van der Waals surface area contributed by atoms with Crippen LogP contribution in [0.1, 0.15) is 20.3 Å². The second-order valence-corrected chi connectivity index (χ2v) is 5.90. The second kappa shape index (κ2) is 6.07. The summed E-state index contributed by atoms with van der Waals surface area (Å²) in [5.74, 6) is 0.